The van der Waals surface area contributed by atoms with Crippen molar-refractivity contribution in [3.63, 3.8) is 0 Å². The Bertz CT molecular complexity index is 1130. The summed E-state index contributed by atoms with van der Waals surface area (Å²) in [5.41, 5.74) is 0. The summed E-state index contributed by atoms with van der Waals surface area (Å²) in [6.45, 7) is 4.00. The lowest BCUT2D eigenvalue weighted by atomic mass is 10.0. The normalized spacial score (nSPS) is 12.9. The largest absolute Gasteiger partial charge is 0.462 e. The molecular weight excluding hydrogens is 741 g/mol. The summed E-state index contributed by atoms with van der Waals surface area (Å²) in [5, 5.41) is 9.57. The van der Waals surface area contributed by atoms with Crippen molar-refractivity contribution in [3.05, 3.63) is 85.1 Å². The Balaban J connectivity index is 3.48. The van der Waals surface area contributed by atoms with Crippen molar-refractivity contribution >= 4 is 11.9 Å². The molecule has 1 unspecified atom stereocenters. The standard InChI is InChI=1S/C55H94O5/c1-3-5-7-9-11-13-14-15-16-17-18-19-20-21-22-23-24-25-26-27-28-29-30-31-32-33-34-35-36-37-38-39-40-42-44-46-48-50-55(58)60-53(51-56)52-59-54(57)49-47-45-43-41-12-10-8-6-4-2/h5,7,11,13,15-16,18-19,21-22,24-25,27-28,53,56H,3-4,6,8-10,12,14,17,20,23,26,29-52H2,1-2H3/b7-5-,13-11-,16-15-,19-18-,22-21-,25-24-,28-27-. The molecule has 0 rings (SSSR count). The van der Waals surface area contributed by atoms with E-state index in [1.165, 1.54) is 122 Å². The minimum Gasteiger partial charge on any atom is -0.462 e. The van der Waals surface area contributed by atoms with E-state index in [1.807, 2.05) is 0 Å². The maximum absolute atomic E-state index is 12.2. The fourth-order valence-corrected chi connectivity index (χ4v) is 6.95. The van der Waals surface area contributed by atoms with Crippen molar-refractivity contribution in [3.8, 4) is 0 Å². The molecule has 0 saturated carbocycles. The van der Waals surface area contributed by atoms with Gasteiger partial charge in [-0.1, -0.05) is 234 Å². The van der Waals surface area contributed by atoms with Gasteiger partial charge in [0.05, 0.1) is 6.61 Å². The van der Waals surface area contributed by atoms with Crippen LogP contribution in [0.15, 0.2) is 85.1 Å². The molecule has 0 heterocycles. The average molecular weight is 835 g/mol. The number of hydrogen-bond acceptors (Lipinski definition) is 5. The van der Waals surface area contributed by atoms with Crippen molar-refractivity contribution in [1.82, 2.24) is 0 Å². The molecule has 1 N–H and O–H groups in total. The first-order valence-corrected chi connectivity index (χ1v) is 25.1. The average Bonchev–Trinajstić information content (AvgIpc) is 3.25. The van der Waals surface area contributed by atoms with E-state index in [1.54, 1.807) is 0 Å². The van der Waals surface area contributed by atoms with Crippen LogP contribution in [0.2, 0.25) is 0 Å². The highest BCUT2D eigenvalue weighted by Gasteiger charge is 2.16. The summed E-state index contributed by atoms with van der Waals surface area (Å²) in [5.74, 6) is -0.591. The van der Waals surface area contributed by atoms with Gasteiger partial charge in [0.2, 0.25) is 0 Å². The van der Waals surface area contributed by atoms with Gasteiger partial charge in [-0.15, -0.1) is 0 Å². The van der Waals surface area contributed by atoms with Gasteiger partial charge in [0.25, 0.3) is 0 Å². The van der Waals surface area contributed by atoms with Crippen molar-refractivity contribution in [2.75, 3.05) is 13.2 Å². The van der Waals surface area contributed by atoms with Crippen LogP contribution in [0.25, 0.3) is 0 Å². The van der Waals surface area contributed by atoms with Crippen LogP contribution < -0.4 is 0 Å². The van der Waals surface area contributed by atoms with Crippen LogP contribution in [-0.4, -0.2) is 36.4 Å². The van der Waals surface area contributed by atoms with Crippen LogP contribution in [0.3, 0.4) is 0 Å². The zero-order valence-electron chi connectivity index (χ0n) is 39.2. The smallest absolute Gasteiger partial charge is 0.306 e. The molecule has 0 aromatic carbocycles. The highest BCUT2D eigenvalue weighted by molar-refractivity contribution is 5.70. The van der Waals surface area contributed by atoms with Gasteiger partial charge in [0, 0.05) is 12.8 Å². The van der Waals surface area contributed by atoms with E-state index < -0.39 is 6.10 Å². The molecule has 0 radical (unpaired) electrons. The fourth-order valence-electron chi connectivity index (χ4n) is 6.95. The topological polar surface area (TPSA) is 72.8 Å². The summed E-state index contributed by atoms with van der Waals surface area (Å²) in [7, 11) is 0. The Morgan fingerprint density at radius 1 is 0.400 bits per heavy atom. The SMILES string of the molecule is CC/C=C\C/C=C\C/C=C\C/C=C\C/C=C\C/C=C\C/C=C\CCCCCCCCCCCCCCCCCC(=O)OC(CO)COC(=O)CCCCCCCCCCC. The monoisotopic (exact) mass is 835 g/mol. The first-order chi connectivity index (χ1) is 29.6. The summed E-state index contributed by atoms with van der Waals surface area (Å²) in [6, 6.07) is 0. The second-order valence-corrected chi connectivity index (χ2v) is 16.5. The van der Waals surface area contributed by atoms with Gasteiger partial charge in [-0.2, -0.15) is 0 Å². The molecule has 5 nitrogen and oxygen atoms in total. The van der Waals surface area contributed by atoms with Crippen LogP contribution >= 0.6 is 0 Å². The fraction of sp³-hybridized carbons (Fsp3) is 0.709. The maximum atomic E-state index is 12.2. The number of rotatable bonds is 45. The van der Waals surface area contributed by atoms with Crippen LogP contribution in [0.4, 0.5) is 0 Å². The van der Waals surface area contributed by atoms with E-state index in [0.29, 0.717) is 12.8 Å². The molecule has 0 aliphatic rings. The first kappa shape index (κ1) is 57.1. The lowest BCUT2D eigenvalue weighted by Crippen LogP contribution is -2.28. The molecule has 0 fully saturated rings. The number of unbranched alkanes of at least 4 members (excludes halogenated alkanes) is 23. The Kier molecular flexibility index (Phi) is 48.0. The highest BCUT2D eigenvalue weighted by atomic mass is 16.6. The lowest BCUT2D eigenvalue weighted by molar-refractivity contribution is -0.161. The second-order valence-electron chi connectivity index (χ2n) is 16.5. The highest BCUT2D eigenvalue weighted by Crippen LogP contribution is 2.15. The third kappa shape index (κ3) is 47.8. The third-order valence-corrected chi connectivity index (χ3v) is 10.7. The second kappa shape index (κ2) is 50.4. The van der Waals surface area contributed by atoms with E-state index in [0.717, 1.165) is 83.5 Å². The zero-order valence-corrected chi connectivity index (χ0v) is 39.2. The number of aliphatic hydroxyl groups is 1. The van der Waals surface area contributed by atoms with Crippen LogP contribution in [0, 0.1) is 0 Å². The predicted molar refractivity (Wildman–Crippen MR) is 260 cm³/mol. The molecule has 0 aromatic rings. The number of carbonyl (C=O) groups excluding carboxylic acids is 2. The molecule has 5 heteroatoms. The van der Waals surface area contributed by atoms with Gasteiger partial charge in [-0.25, -0.2) is 0 Å². The molecule has 0 saturated heterocycles. The summed E-state index contributed by atoms with van der Waals surface area (Å²) < 4.78 is 10.6. The Morgan fingerprint density at radius 2 is 0.717 bits per heavy atom. The predicted octanol–water partition coefficient (Wildman–Crippen LogP) is 16.6. The summed E-state index contributed by atoms with van der Waals surface area (Å²) >= 11 is 0. The van der Waals surface area contributed by atoms with Gasteiger partial charge < -0.3 is 14.6 Å². The number of aliphatic hydroxyl groups excluding tert-OH is 1. The van der Waals surface area contributed by atoms with Crippen molar-refractivity contribution in [2.24, 2.45) is 0 Å². The van der Waals surface area contributed by atoms with Gasteiger partial charge in [0.15, 0.2) is 6.10 Å². The minimum atomic E-state index is -0.770. The van der Waals surface area contributed by atoms with E-state index in [4.69, 9.17) is 9.47 Å². The zero-order chi connectivity index (χ0) is 43.5. The van der Waals surface area contributed by atoms with Gasteiger partial charge in [-0.05, 0) is 70.6 Å². The molecular formula is C55H94O5. The first-order valence-electron chi connectivity index (χ1n) is 25.1. The van der Waals surface area contributed by atoms with Gasteiger partial charge >= 0.3 is 11.9 Å². The van der Waals surface area contributed by atoms with Gasteiger partial charge in [0.1, 0.15) is 6.61 Å². The number of hydrogen-bond donors (Lipinski definition) is 1. The number of allylic oxidation sites excluding steroid dienone is 14. The number of ether oxygens (including phenoxy) is 2. The Hall–Kier alpha value is -2.92. The molecule has 0 aliphatic heterocycles. The van der Waals surface area contributed by atoms with Crippen molar-refractivity contribution < 1.29 is 24.2 Å². The van der Waals surface area contributed by atoms with E-state index in [-0.39, 0.29) is 25.2 Å². The van der Waals surface area contributed by atoms with E-state index in [9.17, 15) is 14.7 Å². The number of carbonyl (C=O) groups is 2. The Labute approximate surface area is 371 Å². The van der Waals surface area contributed by atoms with Crippen LogP contribution in [0.1, 0.15) is 232 Å². The number of esters is 2. The van der Waals surface area contributed by atoms with Crippen LogP contribution in [0.5, 0.6) is 0 Å². The Morgan fingerprint density at radius 3 is 1.08 bits per heavy atom. The van der Waals surface area contributed by atoms with E-state index in [2.05, 4.69) is 98.9 Å². The van der Waals surface area contributed by atoms with E-state index >= 15 is 0 Å². The minimum absolute atomic E-state index is 0.0652. The maximum Gasteiger partial charge on any atom is 0.306 e. The molecule has 0 aliphatic carbocycles. The van der Waals surface area contributed by atoms with Crippen LogP contribution in [-0.2, 0) is 19.1 Å². The summed E-state index contributed by atoms with van der Waals surface area (Å²) in [6.07, 6.45) is 69.8. The molecule has 1 atom stereocenters. The molecule has 0 amide bonds. The third-order valence-electron chi connectivity index (χ3n) is 10.7. The molecule has 0 aromatic heterocycles. The van der Waals surface area contributed by atoms with Crippen molar-refractivity contribution in [2.45, 2.75) is 238 Å². The molecule has 60 heavy (non-hydrogen) atoms. The molecule has 0 bridgehead atoms. The van der Waals surface area contributed by atoms with Crippen molar-refractivity contribution in [1.29, 1.82) is 0 Å². The molecule has 344 valence electrons. The summed E-state index contributed by atoms with van der Waals surface area (Å²) in [4.78, 5) is 24.3. The quantitative estimate of drug-likeness (QED) is 0.0376. The van der Waals surface area contributed by atoms with Gasteiger partial charge in [-0.3, -0.25) is 9.59 Å². The lowest BCUT2D eigenvalue weighted by Gasteiger charge is -2.15. The molecule has 0 spiro atoms.